The Morgan fingerprint density at radius 3 is 2.67 bits per heavy atom. The maximum atomic E-state index is 13.5. The molecule has 0 aliphatic carbocycles. The third-order valence-electron chi connectivity index (χ3n) is 5.35. The Kier molecular flexibility index (Phi) is 5.55. The van der Waals surface area contributed by atoms with Crippen molar-refractivity contribution in [3.05, 3.63) is 80.8 Å². The summed E-state index contributed by atoms with van der Waals surface area (Å²) in [5, 5.41) is 7.95. The third kappa shape index (κ3) is 3.96. The lowest BCUT2D eigenvalue weighted by Gasteiger charge is -2.09. The number of thiophene rings is 1. The fourth-order valence-electron chi connectivity index (χ4n) is 3.85. The average Bonchev–Trinajstić information content (AvgIpc) is 3.42. The lowest BCUT2D eigenvalue weighted by atomic mass is 10.0. The molecule has 0 amide bonds. The second-order valence-electron chi connectivity index (χ2n) is 8.25. The van der Waals surface area contributed by atoms with Crippen molar-refractivity contribution in [3.8, 4) is 11.4 Å². The predicted molar refractivity (Wildman–Crippen MR) is 130 cm³/mol. The minimum Gasteiger partial charge on any atom is -0.292 e. The molecule has 0 saturated heterocycles. The molecule has 0 radical (unpaired) electrons. The zero-order valence-electron chi connectivity index (χ0n) is 18.0. The number of pyridine rings is 1. The summed E-state index contributed by atoms with van der Waals surface area (Å²) in [5.41, 5.74) is 2.40. The van der Waals surface area contributed by atoms with E-state index in [0.29, 0.717) is 28.0 Å². The zero-order chi connectivity index (χ0) is 23.1. The second kappa shape index (κ2) is 8.53. The van der Waals surface area contributed by atoms with Gasteiger partial charge >= 0.3 is 5.69 Å². The molecule has 0 unspecified atom stereocenters. The van der Waals surface area contributed by atoms with Crippen LogP contribution in [0.5, 0.6) is 0 Å². The van der Waals surface area contributed by atoms with Crippen LogP contribution in [0.25, 0.3) is 27.3 Å². The van der Waals surface area contributed by atoms with E-state index >= 15 is 0 Å². The summed E-state index contributed by atoms with van der Waals surface area (Å²) in [6.07, 6.45) is 4.16. The van der Waals surface area contributed by atoms with Crippen LogP contribution in [0.15, 0.2) is 59.0 Å². The van der Waals surface area contributed by atoms with Crippen molar-refractivity contribution in [2.45, 2.75) is 26.8 Å². The molecule has 0 fully saturated rings. The van der Waals surface area contributed by atoms with Crippen LogP contribution in [-0.2, 0) is 13.0 Å². The summed E-state index contributed by atoms with van der Waals surface area (Å²) in [7, 11) is 0. The van der Waals surface area contributed by atoms with Crippen LogP contribution in [0.4, 0.5) is 0 Å². The van der Waals surface area contributed by atoms with Crippen LogP contribution in [-0.4, -0.2) is 29.9 Å². The van der Waals surface area contributed by atoms with E-state index in [9.17, 15) is 9.59 Å². The van der Waals surface area contributed by atoms with Gasteiger partial charge in [-0.1, -0.05) is 25.4 Å². The van der Waals surface area contributed by atoms with E-state index in [1.807, 2.05) is 11.4 Å². The van der Waals surface area contributed by atoms with Gasteiger partial charge in [-0.15, -0.1) is 16.4 Å². The molecule has 5 aromatic rings. The molecule has 166 valence electrons. The smallest absolute Gasteiger partial charge is 0.292 e. The lowest BCUT2D eigenvalue weighted by Crippen LogP contribution is -2.30. The van der Waals surface area contributed by atoms with Gasteiger partial charge in [-0.05, 0) is 59.7 Å². The summed E-state index contributed by atoms with van der Waals surface area (Å²) in [6, 6.07) is 10.3. The molecule has 5 rings (SSSR count). The third-order valence-corrected chi connectivity index (χ3v) is 6.65. The van der Waals surface area contributed by atoms with Crippen LogP contribution < -0.4 is 5.69 Å². The summed E-state index contributed by atoms with van der Waals surface area (Å²) in [5.74, 6) is 0.658. The number of fused-ring (bicyclic) bond motifs is 3. The van der Waals surface area contributed by atoms with Crippen molar-refractivity contribution >= 4 is 44.6 Å². The molecule has 0 atom stereocenters. The number of benzene rings is 1. The quantitative estimate of drug-likeness (QED) is 0.325. The van der Waals surface area contributed by atoms with Gasteiger partial charge in [-0.3, -0.25) is 14.3 Å². The number of hydrogen-bond acceptors (Lipinski definition) is 6. The number of carbonyl (C=O) groups excluding carboxylic acids is 1. The number of carbonyl (C=O) groups is 1. The van der Waals surface area contributed by atoms with Crippen LogP contribution in [0.1, 0.15) is 29.8 Å². The zero-order valence-corrected chi connectivity index (χ0v) is 19.6. The standard InChI is InChI=1S/C24H20ClN5O2S/c1-14(2)10-17-13-33-23-20(17)22-27-21(16-4-3-9-26-11-16)28-30(22)24(32)29(23)12-19(31)15-5-7-18(25)8-6-15/h3-9,11,13-14H,10,12H2,1-2H3. The van der Waals surface area contributed by atoms with Crippen molar-refractivity contribution in [1.29, 1.82) is 0 Å². The van der Waals surface area contributed by atoms with Crippen molar-refractivity contribution < 1.29 is 4.79 Å². The first kappa shape index (κ1) is 21.5. The Hall–Kier alpha value is -3.36. The SMILES string of the molecule is CC(C)Cc1csc2c1c1nc(-c3cccnc3)nn1c(=O)n2CC(=O)c1ccc(Cl)cc1. The maximum Gasteiger partial charge on any atom is 0.352 e. The molecule has 33 heavy (non-hydrogen) atoms. The number of nitrogens with zero attached hydrogens (tertiary/aromatic N) is 5. The Morgan fingerprint density at radius 1 is 1.18 bits per heavy atom. The molecule has 0 spiro atoms. The van der Waals surface area contributed by atoms with E-state index < -0.39 is 5.69 Å². The summed E-state index contributed by atoms with van der Waals surface area (Å²) in [6.45, 7) is 4.19. The average molecular weight is 478 g/mol. The topological polar surface area (TPSA) is 82.2 Å². The van der Waals surface area contributed by atoms with Crippen LogP contribution in [0, 0.1) is 5.92 Å². The second-order valence-corrected chi connectivity index (χ2v) is 9.54. The molecular weight excluding hydrogens is 458 g/mol. The van der Waals surface area contributed by atoms with Crippen LogP contribution in [0.3, 0.4) is 0 Å². The molecular formula is C24H20ClN5O2S. The summed E-state index contributed by atoms with van der Waals surface area (Å²) in [4.78, 5) is 36.1. The molecule has 4 aromatic heterocycles. The first-order valence-corrected chi connectivity index (χ1v) is 11.8. The van der Waals surface area contributed by atoms with E-state index in [4.69, 9.17) is 16.6 Å². The van der Waals surface area contributed by atoms with Crippen molar-refractivity contribution in [3.63, 3.8) is 0 Å². The largest absolute Gasteiger partial charge is 0.352 e. The minimum atomic E-state index is -0.402. The molecule has 0 bridgehead atoms. The van der Waals surface area contributed by atoms with Crippen molar-refractivity contribution in [1.82, 2.24) is 24.1 Å². The van der Waals surface area contributed by atoms with Gasteiger partial charge in [0.25, 0.3) is 0 Å². The summed E-state index contributed by atoms with van der Waals surface area (Å²) < 4.78 is 2.80. The maximum absolute atomic E-state index is 13.5. The number of aromatic nitrogens is 5. The number of ketones is 1. The highest BCUT2D eigenvalue weighted by atomic mass is 35.5. The van der Waals surface area contributed by atoms with Crippen LogP contribution >= 0.6 is 22.9 Å². The molecule has 0 N–H and O–H groups in total. The fraction of sp³-hybridized carbons (Fsp3) is 0.208. The Bertz CT molecular complexity index is 1530. The molecule has 9 heteroatoms. The van der Waals surface area contributed by atoms with Crippen molar-refractivity contribution in [2.24, 2.45) is 5.92 Å². The minimum absolute atomic E-state index is 0.101. The van der Waals surface area contributed by atoms with Gasteiger partial charge in [0.05, 0.1) is 11.9 Å². The highest BCUT2D eigenvalue weighted by Crippen LogP contribution is 2.31. The van der Waals surface area contributed by atoms with Gasteiger partial charge in [0.2, 0.25) is 0 Å². The highest BCUT2D eigenvalue weighted by molar-refractivity contribution is 7.17. The first-order valence-electron chi connectivity index (χ1n) is 10.5. The first-order chi connectivity index (χ1) is 15.9. The Labute approximate surface area is 198 Å². The van der Waals surface area contributed by atoms with E-state index in [1.54, 1.807) is 42.7 Å². The van der Waals surface area contributed by atoms with E-state index in [2.05, 4.69) is 23.9 Å². The van der Waals surface area contributed by atoms with Gasteiger partial charge in [0.15, 0.2) is 17.3 Å². The Balaban J connectivity index is 1.72. The number of hydrogen-bond donors (Lipinski definition) is 0. The van der Waals surface area contributed by atoms with E-state index in [0.717, 1.165) is 27.8 Å². The monoisotopic (exact) mass is 477 g/mol. The van der Waals surface area contributed by atoms with Gasteiger partial charge in [-0.25, -0.2) is 9.78 Å². The molecule has 4 heterocycles. The lowest BCUT2D eigenvalue weighted by molar-refractivity contribution is 0.0972. The van der Waals surface area contributed by atoms with Gasteiger partial charge in [-0.2, -0.15) is 4.52 Å². The number of Topliss-reactive ketones (excluding diaryl/α,β-unsaturated/α-hetero) is 1. The molecule has 0 aliphatic heterocycles. The summed E-state index contributed by atoms with van der Waals surface area (Å²) >= 11 is 7.41. The molecule has 1 aromatic carbocycles. The highest BCUT2D eigenvalue weighted by Gasteiger charge is 2.22. The van der Waals surface area contributed by atoms with Crippen LogP contribution in [0.2, 0.25) is 5.02 Å². The van der Waals surface area contributed by atoms with Gasteiger partial charge in [0.1, 0.15) is 4.83 Å². The molecule has 7 nitrogen and oxygen atoms in total. The fourth-order valence-corrected chi connectivity index (χ4v) is 5.05. The predicted octanol–water partition coefficient (Wildman–Crippen LogP) is 4.90. The number of rotatable bonds is 6. The molecule has 0 saturated carbocycles. The van der Waals surface area contributed by atoms with Crippen molar-refractivity contribution in [2.75, 3.05) is 0 Å². The van der Waals surface area contributed by atoms with Gasteiger partial charge in [0, 0.05) is 28.5 Å². The van der Waals surface area contributed by atoms with E-state index in [1.165, 1.54) is 20.4 Å². The molecule has 0 aliphatic rings. The van der Waals surface area contributed by atoms with Gasteiger partial charge < -0.3 is 0 Å². The number of halogens is 1. The Morgan fingerprint density at radius 2 is 1.97 bits per heavy atom. The van der Waals surface area contributed by atoms with E-state index in [-0.39, 0.29) is 12.3 Å². The normalized spacial score (nSPS) is 11.6.